The van der Waals surface area contributed by atoms with Gasteiger partial charge in [-0.1, -0.05) is 120 Å². The zero-order chi connectivity index (χ0) is 19.3. The molecular weight excluding hydrogens is 336 g/mol. The summed E-state index contributed by atoms with van der Waals surface area (Å²) in [6.45, 7) is 4.27. The van der Waals surface area contributed by atoms with Crippen LogP contribution in [0.1, 0.15) is 33.4 Å². The van der Waals surface area contributed by atoms with E-state index in [0.29, 0.717) is 0 Å². The summed E-state index contributed by atoms with van der Waals surface area (Å²) in [7, 11) is 0. The van der Waals surface area contributed by atoms with E-state index in [1.807, 2.05) is 0 Å². The highest BCUT2D eigenvalue weighted by Gasteiger charge is 2.15. The molecule has 4 rings (SSSR count). The van der Waals surface area contributed by atoms with Crippen molar-refractivity contribution in [3.8, 4) is 0 Å². The van der Waals surface area contributed by atoms with Crippen LogP contribution in [0.15, 0.2) is 109 Å². The van der Waals surface area contributed by atoms with E-state index in [0.717, 1.165) is 0 Å². The predicted molar refractivity (Wildman–Crippen MR) is 120 cm³/mol. The lowest BCUT2D eigenvalue weighted by atomic mass is 9.85. The van der Waals surface area contributed by atoms with Crippen LogP contribution in [0.3, 0.4) is 0 Å². The molecule has 0 bridgehead atoms. The van der Waals surface area contributed by atoms with Crippen LogP contribution in [0.2, 0.25) is 0 Å². The lowest BCUT2D eigenvalue weighted by Crippen LogP contribution is -1.97. The molecule has 0 spiro atoms. The van der Waals surface area contributed by atoms with Crippen molar-refractivity contribution >= 4 is 11.1 Å². The van der Waals surface area contributed by atoms with Crippen molar-refractivity contribution in [2.24, 2.45) is 0 Å². The molecule has 0 heteroatoms. The largest absolute Gasteiger partial charge is 0.0622 e. The Morgan fingerprint density at radius 1 is 0.357 bits per heavy atom. The Hall–Kier alpha value is -3.38. The highest BCUT2D eigenvalue weighted by Crippen LogP contribution is 2.36. The van der Waals surface area contributed by atoms with E-state index < -0.39 is 0 Å². The summed E-state index contributed by atoms with van der Waals surface area (Å²) in [5.41, 5.74) is 9.98. The minimum absolute atomic E-state index is 1.23. The van der Waals surface area contributed by atoms with E-state index in [-0.39, 0.29) is 0 Å². The molecule has 0 amide bonds. The van der Waals surface area contributed by atoms with Crippen LogP contribution in [-0.4, -0.2) is 0 Å². The summed E-state index contributed by atoms with van der Waals surface area (Å²) in [5.74, 6) is 0. The highest BCUT2D eigenvalue weighted by atomic mass is 14.2. The zero-order valence-corrected chi connectivity index (χ0v) is 16.4. The van der Waals surface area contributed by atoms with Crippen molar-refractivity contribution in [1.82, 2.24) is 0 Å². The van der Waals surface area contributed by atoms with Crippen LogP contribution >= 0.6 is 0 Å². The number of aryl methyl sites for hydroxylation is 2. The maximum Gasteiger partial charge on any atom is -0.00268 e. The Kier molecular flexibility index (Phi) is 5.21. The van der Waals surface area contributed by atoms with Gasteiger partial charge >= 0.3 is 0 Å². The minimum Gasteiger partial charge on any atom is -0.0622 e. The first kappa shape index (κ1) is 18.0. The maximum atomic E-state index is 2.23. The highest BCUT2D eigenvalue weighted by molar-refractivity contribution is 6.04. The SMILES string of the molecule is Cc1ccc(C(=C(c2ccccc2)c2ccc(C)cc2)c2ccccc2)cc1. The lowest BCUT2D eigenvalue weighted by molar-refractivity contribution is 1.43. The smallest absolute Gasteiger partial charge is 0.00268 e. The summed E-state index contributed by atoms with van der Waals surface area (Å²) in [6, 6.07) is 39.1. The molecule has 0 aliphatic heterocycles. The molecule has 0 unspecified atom stereocenters. The van der Waals surface area contributed by atoms with Gasteiger partial charge in [0.2, 0.25) is 0 Å². The van der Waals surface area contributed by atoms with Crippen molar-refractivity contribution in [2.75, 3.05) is 0 Å². The van der Waals surface area contributed by atoms with Crippen molar-refractivity contribution in [1.29, 1.82) is 0 Å². The molecule has 0 aliphatic carbocycles. The molecule has 0 radical (unpaired) electrons. The van der Waals surface area contributed by atoms with Gasteiger partial charge < -0.3 is 0 Å². The van der Waals surface area contributed by atoms with Gasteiger partial charge in [-0.15, -0.1) is 0 Å². The van der Waals surface area contributed by atoms with Crippen LogP contribution in [0.25, 0.3) is 11.1 Å². The topological polar surface area (TPSA) is 0 Å². The molecule has 0 atom stereocenters. The van der Waals surface area contributed by atoms with Gasteiger partial charge in [-0.3, -0.25) is 0 Å². The monoisotopic (exact) mass is 360 g/mol. The van der Waals surface area contributed by atoms with Crippen LogP contribution in [-0.2, 0) is 0 Å². The minimum atomic E-state index is 1.23. The third-order valence-corrected chi connectivity index (χ3v) is 5.06. The Balaban J connectivity index is 2.08. The van der Waals surface area contributed by atoms with Crippen LogP contribution in [0.5, 0.6) is 0 Å². The van der Waals surface area contributed by atoms with Crippen LogP contribution < -0.4 is 0 Å². The molecule has 4 aromatic rings. The molecule has 0 nitrogen and oxygen atoms in total. The normalized spacial score (nSPS) is 11.8. The Morgan fingerprint density at radius 2 is 0.643 bits per heavy atom. The van der Waals surface area contributed by atoms with Gasteiger partial charge in [0.25, 0.3) is 0 Å². The number of hydrogen-bond donors (Lipinski definition) is 0. The van der Waals surface area contributed by atoms with E-state index in [2.05, 4.69) is 123 Å². The molecule has 136 valence electrons. The predicted octanol–water partition coefficient (Wildman–Crippen LogP) is 7.31. The first-order chi connectivity index (χ1) is 13.7. The van der Waals surface area contributed by atoms with Crippen LogP contribution in [0.4, 0.5) is 0 Å². The second-order valence-corrected chi connectivity index (χ2v) is 7.21. The first-order valence-electron chi connectivity index (χ1n) is 9.71. The molecule has 0 saturated carbocycles. The third kappa shape index (κ3) is 3.82. The van der Waals surface area contributed by atoms with E-state index in [1.165, 1.54) is 44.5 Å². The molecule has 0 heterocycles. The maximum absolute atomic E-state index is 2.23. The fourth-order valence-electron chi connectivity index (χ4n) is 3.56. The van der Waals surface area contributed by atoms with Crippen LogP contribution in [0, 0.1) is 13.8 Å². The Morgan fingerprint density at radius 3 is 0.964 bits per heavy atom. The fraction of sp³-hybridized carbons (Fsp3) is 0.0714. The number of rotatable bonds is 4. The quantitative estimate of drug-likeness (QED) is 0.335. The van der Waals surface area contributed by atoms with Gasteiger partial charge in [-0.2, -0.15) is 0 Å². The standard InChI is InChI=1S/C28H24/c1-21-13-17-25(18-14-21)27(23-9-5-3-6-10-23)28(24-11-7-4-8-12-24)26-19-15-22(2)16-20-26/h3-20H,1-2H3. The van der Waals surface area contributed by atoms with Gasteiger partial charge in [-0.05, 0) is 47.2 Å². The zero-order valence-electron chi connectivity index (χ0n) is 16.4. The number of hydrogen-bond acceptors (Lipinski definition) is 0. The van der Waals surface area contributed by atoms with Gasteiger partial charge in [0, 0.05) is 0 Å². The summed E-state index contributed by atoms with van der Waals surface area (Å²) in [6.07, 6.45) is 0. The molecule has 28 heavy (non-hydrogen) atoms. The van der Waals surface area contributed by atoms with E-state index in [4.69, 9.17) is 0 Å². The molecule has 0 aromatic heterocycles. The van der Waals surface area contributed by atoms with Gasteiger partial charge in [-0.25, -0.2) is 0 Å². The van der Waals surface area contributed by atoms with Crippen molar-refractivity contribution in [2.45, 2.75) is 13.8 Å². The van der Waals surface area contributed by atoms with Gasteiger partial charge in [0.05, 0.1) is 0 Å². The molecule has 0 saturated heterocycles. The van der Waals surface area contributed by atoms with Gasteiger partial charge in [0.15, 0.2) is 0 Å². The van der Waals surface area contributed by atoms with E-state index in [9.17, 15) is 0 Å². The average Bonchev–Trinajstić information content (AvgIpc) is 2.75. The lowest BCUT2D eigenvalue weighted by Gasteiger charge is -2.18. The summed E-state index contributed by atoms with van der Waals surface area (Å²) in [5, 5.41) is 0. The van der Waals surface area contributed by atoms with E-state index >= 15 is 0 Å². The molecule has 4 aromatic carbocycles. The summed E-state index contributed by atoms with van der Waals surface area (Å²) in [4.78, 5) is 0. The third-order valence-electron chi connectivity index (χ3n) is 5.06. The van der Waals surface area contributed by atoms with Gasteiger partial charge in [0.1, 0.15) is 0 Å². The Bertz CT molecular complexity index is 977. The summed E-state index contributed by atoms with van der Waals surface area (Å²) < 4.78 is 0. The average molecular weight is 361 g/mol. The van der Waals surface area contributed by atoms with Crippen molar-refractivity contribution < 1.29 is 0 Å². The first-order valence-corrected chi connectivity index (χ1v) is 9.71. The Labute approximate surface area is 167 Å². The van der Waals surface area contributed by atoms with Crippen molar-refractivity contribution in [3.05, 3.63) is 143 Å². The van der Waals surface area contributed by atoms with Crippen molar-refractivity contribution in [3.63, 3.8) is 0 Å². The van der Waals surface area contributed by atoms with E-state index in [1.54, 1.807) is 0 Å². The fourth-order valence-corrected chi connectivity index (χ4v) is 3.56. The molecular formula is C28H24. The molecule has 0 N–H and O–H groups in total. The second kappa shape index (κ2) is 8.10. The number of benzene rings is 4. The molecule has 0 fully saturated rings. The molecule has 0 aliphatic rings. The summed E-state index contributed by atoms with van der Waals surface area (Å²) >= 11 is 0. The second-order valence-electron chi connectivity index (χ2n) is 7.21.